The summed E-state index contributed by atoms with van der Waals surface area (Å²) < 4.78 is 5.73. The number of Topliss-reactive ketones (excluding diaryl/α,β-unsaturated/α-hetero) is 1. The molecule has 2 heterocycles. The third-order valence-electron chi connectivity index (χ3n) is 3.99. The van der Waals surface area contributed by atoms with E-state index in [1.165, 1.54) is 12.5 Å². The maximum atomic E-state index is 11.4. The topological polar surface area (TPSA) is 36.7 Å². The van der Waals surface area contributed by atoms with Gasteiger partial charge in [0, 0.05) is 32.6 Å². The van der Waals surface area contributed by atoms with Crippen molar-refractivity contribution in [3.05, 3.63) is 53.8 Å². The maximum absolute atomic E-state index is 11.4. The van der Waals surface area contributed by atoms with Crippen LogP contribution < -0.4 is 4.90 Å². The standard InChI is InChI=1S/C17H20N2O2/c1-13(20)16-8-9-17(21-16)19-11-10-18(2)12-15(19)14-6-4-3-5-7-14/h3-9,15H,10-12H2,1-2H3. The van der Waals surface area contributed by atoms with Crippen molar-refractivity contribution < 1.29 is 9.21 Å². The number of anilines is 1. The Morgan fingerprint density at radius 2 is 1.90 bits per heavy atom. The average Bonchev–Trinajstić information content (AvgIpc) is 2.98. The number of benzene rings is 1. The number of nitrogens with zero attached hydrogens (tertiary/aromatic N) is 2. The number of rotatable bonds is 3. The number of ketones is 1. The van der Waals surface area contributed by atoms with Crippen LogP contribution in [0.1, 0.15) is 29.1 Å². The Balaban J connectivity index is 1.92. The minimum Gasteiger partial charge on any atom is -0.437 e. The molecule has 1 aliphatic heterocycles. The second-order valence-corrected chi connectivity index (χ2v) is 5.58. The van der Waals surface area contributed by atoms with Crippen LogP contribution in [0.15, 0.2) is 46.9 Å². The predicted octanol–water partition coefficient (Wildman–Crippen LogP) is 2.98. The van der Waals surface area contributed by atoms with Gasteiger partial charge in [-0.3, -0.25) is 4.79 Å². The number of hydrogen-bond donors (Lipinski definition) is 0. The van der Waals surface area contributed by atoms with Gasteiger partial charge in [-0.2, -0.15) is 0 Å². The summed E-state index contributed by atoms with van der Waals surface area (Å²) in [5, 5.41) is 0. The third kappa shape index (κ3) is 2.85. The lowest BCUT2D eigenvalue weighted by Gasteiger charge is -2.40. The van der Waals surface area contributed by atoms with Crippen LogP contribution in [0, 0.1) is 0 Å². The summed E-state index contributed by atoms with van der Waals surface area (Å²) in [6.07, 6.45) is 0. The summed E-state index contributed by atoms with van der Waals surface area (Å²) in [5.41, 5.74) is 1.27. The highest BCUT2D eigenvalue weighted by molar-refractivity contribution is 5.91. The lowest BCUT2D eigenvalue weighted by molar-refractivity contribution is 0.0987. The average molecular weight is 284 g/mol. The van der Waals surface area contributed by atoms with Crippen LogP contribution in [0.2, 0.25) is 0 Å². The summed E-state index contributed by atoms with van der Waals surface area (Å²) in [6, 6.07) is 14.3. The Labute approximate surface area is 125 Å². The first-order valence-electron chi connectivity index (χ1n) is 7.26. The smallest absolute Gasteiger partial charge is 0.196 e. The zero-order valence-corrected chi connectivity index (χ0v) is 12.5. The second kappa shape index (κ2) is 5.74. The summed E-state index contributed by atoms with van der Waals surface area (Å²) in [6.45, 7) is 4.35. The molecule has 3 rings (SSSR count). The van der Waals surface area contributed by atoms with Crippen molar-refractivity contribution in [2.45, 2.75) is 13.0 Å². The summed E-state index contributed by atoms with van der Waals surface area (Å²) in [4.78, 5) is 16.0. The molecule has 1 unspecified atom stereocenters. The van der Waals surface area contributed by atoms with E-state index in [4.69, 9.17) is 4.42 Å². The molecule has 2 aromatic rings. The van der Waals surface area contributed by atoms with Crippen molar-refractivity contribution in [2.24, 2.45) is 0 Å². The van der Waals surface area contributed by atoms with Gasteiger partial charge in [0.25, 0.3) is 0 Å². The largest absolute Gasteiger partial charge is 0.437 e. The van der Waals surface area contributed by atoms with Crippen molar-refractivity contribution in [3.63, 3.8) is 0 Å². The minimum atomic E-state index is -0.0355. The van der Waals surface area contributed by atoms with Crippen LogP contribution in [0.25, 0.3) is 0 Å². The molecular weight excluding hydrogens is 264 g/mol. The van der Waals surface area contributed by atoms with E-state index < -0.39 is 0 Å². The minimum absolute atomic E-state index is 0.0355. The highest BCUT2D eigenvalue weighted by Crippen LogP contribution is 2.31. The Bertz CT molecular complexity index is 621. The summed E-state index contributed by atoms with van der Waals surface area (Å²) in [5.74, 6) is 1.17. The normalized spacial score (nSPS) is 19.7. The maximum Gasteiger partial charge on any atom is 0.196 e. The van der Waals surface area contributed by atoms with Gasteiger partial charge in [-0.25, -0.2) is 0 Å². The molecule has 0 saturated carbocycles. The molecule has 1 aromatic carbocycles. The molecule has 0 bridgehead atoms. The number of piperazine rings is 1. The van der Waals surface area contributed by atoms with Gasteiger partial charge >= 0.3 is 0 Å². The van der Waals surface area contributed by atoms with Gasteiger partial charge in [0.15, 0.2) is 17.4 Å². The van der Waals surface area contributed by atoms with E-state index in [-0.39, 0.29) is 11.8 Å². The first-order valence-corrected chi connectivity index (χ1v) is 7.26. The summed E-state index contributed by atoms with van der Waals surface area (Å²) >= 11 is 0. The van der Waals surface area contributed by atoms with E-state index in [9.17, 15) is 4.79 Å². The lowest BCUT2D eigenvalue weighted by Crippen LogP contribution is -2.46. The van der Waals surface area contributed by atoms with Crippen LogP contribution in [-0.4, -0.2) is 37.4 Å². The van der Waals surface area contributed by atoms with Gasteiger partial charge in [0.05, 0.1) is 6.04 Å². The Morgan fingerprint density at radius 1 is 1.14 bits per heavy atom. The highest BCUT2D eigenvalue weighted by atomic mass is 16.4. The molecule has 0 spiro atoms. The fourth-order valence-corrected chi connectivity index (χ4v) is 2.81. The van der Waals surface area contributed by atoms with Crippen molar-refractivity contribution in [2.75, 3.05) is 31.6 Å². The molecule has 1 fully saturated rings. The monoisotopic (exact) mass is 284 g/mol. The van der Waals surface area contributed by atoms with E-state index in [2.05, 4.69) is 41.1 Å². The van der Waals surface area contributed by atoms with Crippen LogP contribution in [0.4, 0.5) is 5.88 Å². The van der Waals surface area contributed by atoms with Crippen molar-refractivity contribution in [3.8, 4) is 0 Å². The second-order valence-electron chi connectivity index (χ2n) is 5.58. The first-order chi connectivity index (χ1) is 10.1. The van der Waals surface area contributed by atoms with E-state index >= 15 is 0 Å². The summed E-state index contributed by atoms with van der Waals surface area (Å²) in [7, 11) is 2.14. The van der Waals surface area contributed by atoms with Crippen LogP contribution in [-0.2, 0) is 0 Å². The molecule has 0 aliphatic carbocycles. The first kappa shape index (κ1) is 13.9. The fourth-order valence-electron chi connectivity index (χ4n) is 2.81. The predicted molar refractivity (Wildman–Crippen MR) is 82.7 cm³/mol. The SMILES string of the molecule is CC(=O)c1ccc(N2CCN(C)CC2c2ccccc2)o1. The van der Waals surface area contributed by atoms with Crippen LogP contribution in [0.5, 0.6) is 0 Å². The Hall–Kier alpha value is -2.07. The van der Waals surface area contributed by atoms with Gasteiger partial charge in [-0.05, 0) is 18.7 Å². The van der Waals surface area contributed by atoms with Crippen molar-refractivity contribution in [1.29, 1.82) is 0 Å². The zero-order chi connectivity index (χ0) is 14.8. The number of likely N-dealkylation sites (N-methyl/N-ethyl adjacent to an activating group) is 1. The van der Waals surface area contributed by atoms with E-state index in [1.54, 1.807) is 6.07 Å². The van der Waals surface area contributed by atoms with E-state index in [0.717, 1.165) is 25.5 Å². The molecule has 0 amide bonds. The Kier molecular flexibility index (Phi) is 3.80. The van der Waals surface area contributed by atoms with Gasteiger partial charge < -0.3 is 14.2 Å². The van der Waals surface area contributed by atoms with E-state index in [0.29, 0.717) is 5.76 Å². The molecule has 1 atom stereocenters. The molecule has 1 aliphatic rings. The molecule has 110 valence electrons. The van der Waals surface area contributed by atoms with Crippen molar-refractivity contribution >= 4 is 11.7 Å². The van der Waals surface area contributed by atoms with Crippen LogP contribution >= 0.6 is 0 Å². The van der Waals surface area contributed by atoms with Gasteiger partial charge in [0.1, 0.15) is 0 Å². The number of furan rings is 1. The number of carbonyl (C=O) groups is 1. The quantitative estimate of drug-likeness (QED) is 0.812. The molecule has 1 aromatic heterocycles. The molecule has 4 nitrogen and oxygen atoms in total. The van der Waals surface area contributed by atoms with E-state index in [1.807, 2.05) is 12.1 Å². The zero-order valence-electron chi connectivity index (χ0n) is 12.5. The van der Waals surface area contributed by atoms with Gasteiger partial charge in [-0.1, -0.05) is 30.3 Å². The highest BCUT2D eigenvalue weighted by Gasteiger charge is 2.28. The molecule has 21 heavy (non-hydrogen) atoms. The molecule has 1 saturated heterocycles. The van der Waals surface area contributed by atoms with Crippen molar-refractivity contribution in [1.82, 2.24) is 4.90 Å². The number of hydrogen-bond acceptors (Lipinski definition) is 4. The Morgan fingerprint density at radius 3 is 2.57 bits per heavy atom. The van der Waals surface area contributed by atoms with Gasteiger partial charge in [0.2, 0.25) is 0 Å². The lowest BCUT2D eigenvalue weighted by atomic mass is 10.0. The number of carbonyl (C=O) groups excluding carboxylic acids is 1. The molecular formula is C17H20N2O2. The van der Waals surface area contributed by atoms with Gasteiger partial charge in [-0.15, -0.1) is 0 Å². The third-order valence-corrected chi connectivity index (χ3v) is 3.99. The van der Waals surface area contributed by atoms with Crippen LogP contribution in [0.3, 0.4) is 0 Å². The fraction of sp³-hybridized carbons (Fsp3) is 0.353. The molecule has 0 N–H and O–H groups in total. The molecule has 0 radical (unpaired) electrons. The molecule has 4 heteroatoms.